The summed E-state index contributed by atoms with van der Waals surface area (Å²) in [7, 11) is 0. The van der Waals surface area contributed by atoms with Crippen LogP contribution in [0.1, 0.15) is 17.0 Å². The number of para-hydroxylation sites is 1. The minimum Gasteiger partial charge on any atom is -0.457 e. The number of halogens is 1. The summed E-state index contributed by atoms with van der Waals surface area (Å²) in [6.07, 6.45) is 0.709. The third-order valence-corrected chi connectivity index (χ3v) is 3.35. The van der Waals surface area contributed by atoms with Crippen LogP contribution >= 0.6 is 0 Å². The minimum atomic E-state index is -0.237. The second kappa shape index (κ2) is 4.42. The van der Waals surface area contributed by atoms with Crippen molar-refractivity contribution in [2.75, 3.05) is 6.54 Å². The van der Waals surface area contributed by atoms with Gasteiger partial charge in [-0.2, -0.15) is 0 Å². The molecule has 2 nitrogen and oxygen atoms in total. The van der Waals surface area contributed by atoms with E-state index in [-0.39, 0.29) is 11.7 Å². The van der Waals surface area contributed by atoms with Crippen LogP contribution in [0.25, 0.3) is 0 Å². The lowest BCUT2D eigenvalue weighted by molar-refractivity contribution is 0.476. The molecule has 3 heteroatoms. The molecule has 92 valence electrons. The van der Waals surface area contributed by atoms with Gasteiger partial charge in [0.15, 0.2) is 0 Å². The Morgan fingerprint density at radius 3 is 2.83 bits per heavy atom. The van der Waals surface area contributed by atoms with Crippen molar-refractivity contribution in [1.29, 1.82) is 0 Å². The van der Waals surface area contributed by atoms with Crippen molar-refractivity contribution < 1.29 is 9.13 Å². The van der Waals surface area contributed by atoms with Crippen molar-refractivity contribution in [2.45, 2.75) is 12.3 Å². The highest BCUT2D eigenvalue weighted by molar-refractivity contribution is 5.47. The van der Waals surface area contributed by atoms with Crippen molar-refractivity contribution in [2.24, 2.45) is 5.73 Å². The summed E-state index contributed by atoms with van der Waals surface area (Å²) in [4.78, 5) is 0. The minimum absolute atomic E-state index is 0.171. The highest BCUT2D eigenvalue weighted by Crippen LogP contribution is 2.38. The molecule has 1 heterocycles. The van der Waals surface area contributed by atoms with Gasteiger partial charge in [-0.25, -0.2) is 4.39 Å². The van der Waals surface area contributed by atoms with E-state index >= 15 is 0 Å². The van der Waals surface area contributed by atoms with Crippen LogP contribution in [0, 0.1) is 5.82 Å². The smallest absolute Gasteiger partial charge is 0.130 e. The van der Waals surface area contributed by atoms with Crippen molar-refractivity contribution in [3.63, 3.8) is 0 Å². The highest BCUT2D eigenvalue weighted by Gasteiger charge is 2.22. The molecule has 1 atom stereocenters. The van der Waals surface area contributed by atoms with Crippen LogP contribution in [0.2, 0.25) is 0 Å². The molecule has 1 aliphatic heterocycles. The number of ether oxygens (including phenoxy) is 1. The molecule has 0 saturated carbocycles. The Bertz CT molecular complexity index is 582. The summed E-state index contributed by atoms with van der Waals surface area (Å²) in [5.41, 5.74) is 7.80. The van der Waals surface area contributed by atoms with Crippen LogP contribution in [-0.4, -0.2) is 6.54 Å². The first kappa shape index (κ1) is 11.2. The summed E-state index contributed by atoms with van der Waals surface area (Å²) in [6, 6.07) is 12.5. The molecule has 1 aliphatic rings. The summed E-state index contributed by atoms with van der Waals surface area (Å²) in [6.45, 7) is 0.524. The number of fused-ring (bicyclic) bond motifs is 2. The second-order valence-corrected chi connectivity index (χ2v) is 4.53. The average Bonchev–Trinajstić information content (AvgIpc) is 2.54. The molecule has 0 aromatic heterocycles. The van der Waals surface area contributed by atoms with Gasteiger partial charge in [0.05, 0.1) is 0 Å². The molecule has 0 saturated heterocycles. The first-order valence-corrected chi connectivity index (χ1v) is 6.03. The predicted molar refractivity (Wildman–Crippen MR) is 68.4 cm³/mol. The normalized spacial score (nSPS) is 17.3. The van der Waals surface area contributed by atoms with Crippen molar-refractivity contribution in [1.82, 2.24) is 0 Å². The monoisotopic (exact) mass is 243 g/mol. The van der Waals surface area contributed by atoms with Gasteiger partial charge in [-0.05, 0) is 48.4 Å². The SMILES string of the molecule is NCC1Cc2cc(F)ccc2Oc2ccccc21. The Morgan fingerprint density at radius 1 is 1.17 bits per heavy atom. The van der Waals surface area contributed by atoms with E-state index in [1.165, 1.54) is 12.1 Å². The Kier molecular flexibility index (Phi) is 2.76. The van der Waals surface area contributed by atoms with Gasteiger partial charge in [0, 0.05) is 5.92 Å². The van der Waals surface area contributed by atoms with E-state index in [1.54, 1.807) is 6.07 Å². The van der Waals surface area contributed by atoms with Crippen molar-refractivity contribution in [3.8, 4) is 11.5 Å². The zero-order valence-corrected chi connectivity index (χ0v) is 9.90. The second-order valence-electron chi connectivity index (χ2n) is 4.53. The quantitative estimate of drug-likeness (QED) is 0.834. The first-order chi connectivity index (χ1) is 8.78. The fourth-order valence-electron chi connectivity index (χ4n) is 2.42. The number of hydrogen-bond donors (Lipinski definition) is 1. The van der Waals surface area contributed by atoms with Gasteiger partial charge < -0.3 is 10.5 Å². The third-order valence-electron chi connectivity index (χ3n) is 3.35. The van der Waals surface area contributed by atoms with E-state index in [9.17, 15) is 4.39 Å². The van der Waals surface area contributed by atoms with Gasteiger partial charge in [0.25, 0.3) is 0 Å². The lowest BCUT2D eigenvalue weighted by atomic mass is 9.92. The Morgan fingerprint density at radius 2 is 2.00 bits per heavy atom. The maximum atomic E-state index is 13.3. The Balaban J connectivity index is 2.13. The first-order valence-electron chi connectivity index (χ1n) is 6.03. The maximum Gasteiger partial charge on any atom is 0.130 e. The summed E-state index contributed by atoms with van der Waals surface area (Å²) in [5.74, 6) is 1.47. The molecule has 0 amide bonds. The molecular formula is C15H14FNO. The lowest BCUT2D eigenvalue weighted by Crippen LogP contribution is -2.14. The van der Waals surface area contributed by atoms with E-state index in [4.69, 9.17) is 10.5 Å². The van der Waals surface area contributed by atoms with Gasteiger partial charge in [0.2, 0.25) is 0 Å². The average molecular weight is 243 g/mol. The number of nitrogens with two attached hydrogens (primary N) is 1. The van der Waals surface area contributed by atoms with E-state index in [2.05, 4.69) is 0 Å². The van der Waals surface area contributed by atoms with Crippen LogP contribution in [0.5, 0.6) is 11.5 Å². The van der Waals surface area contributed by atoms with Gasteiger partial charge >= 0.3 is 0 Å². The van der Waals surface area contributed by atoms with E-state index in [1.807, 2.05) is 24.3 Å². The van der Waals surface area contributed by atoms with Crippen LogP contribution in [-0.2, 0) is 6.42 Å². The summed E-state index contributed by atoms with van der Waals surface area (Å²) >= 11 is 0. The van der Waals surface area contributed by atoms with Crippen LogP contribution in [0.3, 0.4) is 0 Å². The molecule has 18 heavy (non-hydrogen) atoms. The largest absolute Gasteiger partial charge is 0.457 e. The standard InChI is InChI=1S/C15H14FNO/c16-12-5-6-14-10(8-12)7-11(9-17)13-3-1-2-4-15(13)18-14/h1-6,8,11H,7,9,17H2. The molecule has 0 spiro atoms. The Labute approximate surface area is 105 Å². The topological polar surface area (TPSA) is 35.2 Å². The Hall–Kier alpha value is -1.87. The zero-order valence-electron chi connectivity index (χ0n) is 9.90. The lowest BCUT2D eigenvalue weighted by Gasteiger charge is -2.13. The summed E-state index contributed by atoms with van der Waals surface area (Å²) in [5, 5.41) is 0. The van der Waals surface area contributed by atoms with Crippen molar-refractivity contribution >= 4 is 0 Å². The molecule has 2 aromatic rings. The molecule has 0 fully saturated rings. The molecule has 2 aromatic carbocycles. The zero-order chi connectivity index (χ0) is 12.5. The highest BCUT2D eigenvalue weighted by atomic mass is 19.1. The third kappa shape index (κ3) is 1.87. The molecule has 0 bridgehead atoms. The molecule has 3 rings (SSSR count). The fourth-order valence-corrected chi connectivity index (χ4v) is 2.42. The molecule has 1 unspecified atom stereocenters. The van der Waals surface area contributed by atoms with Gasteiger partial charge in [-0.3, -0.25) is 0 Å². The van der Waals surface area contributed by atoms with E-state index < -0.39 is 0 Å². The van der Waals surface area contributed by atoms with Gasteiger partial charge in [-0.1, -0.05) is 18.2 Å². The maximum absolute atomic E-state index is 13.3. The van der Waals surface area contributed by atoms with Crippen LogP contribution in [0.4, 0.5) is 4.39 Å². The number of hydrogen-bond acceptors (Lipinski definition) is 2. The van der Waals surface area contributed by atoms with E-state index in [0.29, 0.717) is 13.0 Å². The molecule has 2 N–H and O–H groups in total. The number of benzene rings is 2. The molecule has 0 aliphatic carbocycles. The van der Waals surface area contributed by atoms with Crippen LogP contribution in [0.15, 0.2) is 42.5 Å². The fraction of sp³-hybridized carbons (Fsp3) is 0.200. The summed E-state index contributed by atoms with van der Waals surface area (Å²) < 4.78 is 19.2. The molecular weight excluding hydrogens is 229 g/mol. The predicted octanol–water partition coefficient (Wildman–Crippen LogP) is 3.22. The van der Waals surface area contributed by atoms with Crippen LogP contribution < -0.4 is 10.5 Å². The number of rotatable bonds is 1. The molecule has 0 radical (unpaired) electrons. The van der Waals surface area contributed by atoms with Gasteiger partial charge in [0.1, 0.15) is 17.3 Å². The van der Waals surface area contributed by atoms with Gasteiger partial charge in [-0.15, -0.1) is 0 Å². The van der Waals surface area contributed by atoms with Crippen molar-refractivity contribution in [3.05, 3.63) is 59.4 Å². The van der Waals surface area contributed by atoms with E-state index in [0.717, 1.165) is 22.6 Å².